The number of carbonyl (C=O) groups is 1. The molecule has 0 atom stereocenters. The second kappa shape index (κ2) is 5.40. The lowest BCUT2D eigenvalue weighted by Gasteiger charge is -2.08. The molecule has 0 saturated carbocycles. The number of rotatable bonds is 3. The van der Waals surface area contributed by atoms with Gasteiger partial charge in [0.15, 0.2) is 29.7 Å². The second-order valence-electron chi connectivity index (χ2n) is 4.87. The number of carbonyl (C=O) groups excluding carboxylic acids is 1. The van der Waals surface area contributed by atoms with Crippen LogP contribution < -0.4 is 14.5 Å². The summed E-state index contributed by atoms with van der Waals surface area (Å²) in [6.45, 7) is 0. The van der Waals surface area contributed by atoms with Crippen LogP contribution in [0.2, 0.25) is 0 Å². The molecule has 0 unspecified atom stereocenters. The van der Waals surface area contributed by atoms with Crippen molar-refractivity contribution in [3.63, 3.8) is 0 Å². The van der Waals surface area contributed by atoms with E-state index in [4.69, 9.17) is 9.47 Å². The first-order valence-corrected chi connectivity index (χ1v) is 6.69. The number of ketones is 1. The molecule has 0 bridgehead atoms. The number of H-pyrrole nitrogens is 1. The summed E-state index contributed by atoms with van der Waals surface area (Å²) in [5.41, 5.74) is 3.46. The molecule has 21 heavy (non-hydrogen) atoms. The molecule has 1 aromatic heterocycles. The highest BCUT2D eigenvalue weighted by atomic mass is 16.5. The van der Waals surface area contributed by atoms with Gasteiger partial charge in [0.25, 0.3) is 0 Å². The van der Waals surface area contributed by atoms with Gasteiger partial charge in [-0.05, 0) is 29.3 Å². The number of nitrogens with one attached hydrogen (secondary N) is 1. The number of ether oxygens (including phenoxy) is 2. The van der Waals surface area contributed by atoms with Gasteiger partial charge in [-0.1, -0.05) is 0 Å². The lowest BCUT2D eigenvalue weighted by molar-refractivity contribution is -0.378. The minimum atomic E-state index is 0.0544. The van der Waals surface area contributed by atoms with Gasteiger partial charge in [0.05, 0.1) is 14.2 Å². The molecule has 106 valence electrons. The van der Waals surface area contributed by atoms with Gasteiger partial charge in [-0.3, -0.25) is 4.79 Å². The van der Waals surface area contributed by atoms with E-state index in [0.717, 1.165) is 16.7 Å². The van der Waals surface area contributed by atoms with E-state index in [1.165, 1.54) is 0 Å². The van der Waals surface area contributed by atoms with E-state index in [1.807, 2.05) is 36.7 Å². The molecular weight excluding hydrogens is 266 g/mol. The van der Waals surface area contributed by atoms with Gasteiger partial charge in [-0.25, -0.2) is 4.98 Å². The summed E-state index contributed by atoms with van der Waals surface area (Å²) in [6.07, 6.45) is 6.22. The molecule has 1 aliphatic carbocycles. The summed E-state index contributed by atoms with van der Waals surface area (Å²) in [5, 5.41) is 0. The fourth-order valence-electron chi connectivity index (χ4n) is 2.55. The quantitative estimate of drug-likeness (QED) is 0.812. The topological polar surface area (TPSA) is 49.7 Å². The predicted octanol–water partition coefficient (Wildman–Crippen LogP) is 2.34. The van der Waals surface area contributed by atoms with Gasteiger partial charge in [-0.15, -0.1) is 0 Å². The number of pyridine rings is 1. The van der Waals surface area contributed by atoms with E-state index in [0.29, 0.717) is 23.5 Å². The Kier molecular flexibility index (Phi) is 3.44. The van der Waals surface area contributed by atoms with Crippen LogP contribution >= 0.6 is 0 Å². The zero-order chi connectivity index (χ0) is 14.8. The summed E-state index contributed by atoms with van der Waals surface area (Å²) in [5.74, 6) is 1.29. The summed E-state index contributed by atoms with van der Waals surface area (Å²) in [6, 6.07) is 7.51. The molecule has 1 N–H and O–H groups in total. The maximum Gasteiger partial charge on any atom is 0.189 e. The molecule has 0 radical (unpaired) electrons. The Bertz CT molecular complexity index is 720. The molecule has 0 aliphatic heterocycles. The predicted molar refractivity (Wildman–Crippen MR) is 78.6 cm³/mol. The lowest BCUT2D eigenvalue weighted by Crippen LogP contribution is -1.99. The third-order valence-corrected chi connectivity index (χ3v) is 3.61. The lowest BCUT2D eigenvalue weighted by atomic mass is 10.1. The van der Waals surface area contributed by atoms with Crippen LogP contribution in [0.15, 0.2) is 42.2 Å². The number of methoxy groups -OCH3 is 2. The number of benzene rings is 1. The number of fused-ring (bicyclic) bond motifs is 1. The van der Waals surface area contributed by atoms with Crippen molar-refractivity contribution in [2.24, 2.45) is 0 Å². The Morgan fingerprint density at radius 1 is 1.10 bits per heavy atom. The van der Waals surface area contributed by atoms with Crippen molar-refractivity contribution in [3.8, 4) is 11.5 Å². The van der Waals surface area contributed by atoms with E-state index >= 15 is 0 Å². The van der Waals surface area contributed by atoms with Gasteiger partial charge in [-0.2, -0.15) is 0 Å². The monoisotopic (exact) mass is 282 g/mol. The molecule has 3 rings (SSSR count). The third kappa shape index (κ3) is 2.40. The highest BCUT2D eigenvalue weighted by Gasteiger charge is 2.27. The first-order chi connectivity index (χ1) is 10.2. The SMILES string of the molecule is COc1cc2c(cc1OC)C(=O)/C(=C/c1cc[nH+]cc1)C2. The van der Waals surface area contributed by atoms with E-state index in [9.17, 15) is 4.79 Å². The van der Waals surface area contributed by atoms with Gasteiger partial charge in [0.2, 0.25) is 0 Å². The van der Waals surface area contributed by atoms with E-state index in [1.54, 1.807) is 20.3 Å². The molecule has 1 aromatic carbocycles. The van der Waals surface area contributed by atoms with Crippen molar-refractivity contribution in [2.75, 3.05) is 14.2 Å². The first kappa shape index (κ1) is 13.4. The summed E-state index contributed by atoms with van der Waals surface area (Å²) in [7, 11) is 3.17. The van der Waals surface area contributed by atoms with Crippen LogP contribution in [0.1, 0.15) is 21.5 Å². The number of aromatic nitrogens is 1. The number of Topliss-reactive ketones (excluding diaryl/α,β-unsaturated/α-hetero) is 1. The number of aromatic amines is 1. The van der Waals surface area contributed by atoms with Crippen LogP contribution in [0.5, 0.6) is 11.5 Å². The summed E-state index contributed by atoms with van der Waals surface area (Å²) in [4.78, 5) is 15.5. The second-order valence-corrected chi connectivity index (χ2v) is 4.87. The van der Waals surface area contributed by atoms with Crippen molar-refractivity contribution in [2.45, 2.75) is 6.42 Å². The molecule has 0 fully saturated rings. The van der Waals surface area contributed by atoms with Crippen molar-refractivity contribution >= 4 is 11.9 Å². The Balaban J connectivity index is 2.01. The highest BCUT2D eigenvalue weighted by Crippen LogP contribution is 2.36. The minimum Gasteiger partial charge on any atom is -0.493 e. The van der Waals surface area contributed by atoms with Gasteiger partial charge in [0, 0.05) is 29.7 Å². The zero-order valence-corrected chi connectivity index (χ0v) is 12.0. The van der Waals surface area contributed by atoms with Gasteiger partial charge in [0.1, 0.15) is 0 Å². The van der Waals surface area contributed by atoms with Crippen molar-refractivity contribution in [1.82, 2.24) is 0 Å². The standard InChI is InChI=1S/C17H15NO3/c1-20-15-9-12-8-13(7-11-3-5-18-6-4-11)17(19)14(12)10-16(15)21-2/h3-7,9-10H,8H2,1-2H3/p+1/b13-7+. The van der Waals surface area contributed by atoms with Gasteiger partial charge < -0.3 is 9.47 Å². The number of hydrogen-bond acceptors (Lipinski definition) is 3. The van der Waals surface area contributed by atoms with E-state index in [2.05, 4.69) is 4.98 Å². The van der Waals surface area contributed by atoms with Crippen LogP contribution in [0.3, 0.4) is 0 Å². The molecule has 0 saturated heterocycles. The molecule has 4 nitrogen and oxygen atoms in total. The molecular formula is C17H16NO3+. The van der Waals surface area contributed by atoms with Crippen LogP contribution in [0, 0.1) is 0 Å². The van der Waals surface area contributed by atoms with Crippen molar-refractivity contribution in [1.29, 1.82) is 0 Å². The maximum absolute atomic E-state index is 12.5. The Labute approximate surface area is 123 Å². The summed E-state index contributed by atoms with van der Waals surface area (Å²) < 4.78 is 10.6. The average molecular weight is 282 g/mol. The molecule has 2 aromatic rings. The maximum atomic E-state index is 12.5. The first-order valence-electron chi connectivity index (χ1n) is 6.69. The molecule has 0 spiro atoms. The fraction of sp³-hybridized carbons (Fsp3) is 0.176. The van der Waals surface area contributed by atoms with E-state index in [-0.39, 0.29) is 5.78 Å². The van der Waals surface area contributed by atoms with Gasteiger partial charge >= 0.3 is 0 Å². The van der Waals surface area contributed by atoms with Crippen LogP contribution in [0.4, 0.5) is 0 Å². The smallest absolute Gasteiger partial charge is 0.189 e. The highest BCUT2D eigenvalue weighted by molar-refractivity contribution is 6.15. The normalized spacial score (nSPS) is 15.1. The van der Waals surface area contributed by atoms with Crippen LogP contribution in [-0.2, 0) is 6.42 Å². The Hall–Kier alpha value is -2.62. The molecule has 0 amide bonds. The van der Waals surface area contributed by atoms with Crippen molar-refractivity contribution < 1.29 is 19.3 Å². The number of hydrogen-bond donors (Lipinski definition) is 0. The van der Waals surface area contributed by atoms with Crippen molar-refractivity contribution in [3.05, 3.63) is 58.9 Å². The largest absolute Gasteiger partial charge is 0.493 e. The van der Waals surface area contributed by atoms with Crippen LogP contribution in [-0.4, -0.2) is 20.0 Å². The zero-order valence-electron chi connectivity index (χ0n) is 12.0. The summed E-state index contributed by atoms with van der Waals surface area (Å²) >= 11 is 0. The van der Waals surface area contributed by atoms with E-state index < -0.39 is 0 Å². The third-order valence-electron chi connectivity index (χ3n) is 3.61. The minimum absolute atomic E-state index is 0.0544. The van der Waals surface area contributed by atoms with Crippen LogP contribution in [0.25, 0.3) is 6.08 Å². The average Bonchev–Trinajstić information content (AvgIpc) is 2.82. The molecule has 4 heteroatoms. The molecule has 1 aliphatic rings. The Morgan fingerprint density at radius 2 is 1.76 bits per heavy atom. The number of allylic oxidation sites excluding steroid dienone is 1. The Morgan fingerprint density at radius 3 is 2.43 bits per heavy atom. The fourth-order valence-corrected chi connectivity index (χ4v) is 2.55. The molecule has 1 heterocycles.